The quantitative estimate of drug-likeness (QED) is 0.780. The van der Waals surface area contributed by atoms with Crippen molar-refractivity contribution in [1.82, 2.24) is 0 Å². The zero-order valence-electron chi connectivity index (χ0n) is 15.1. The van der Waals surface area contributed by atoms with E-state index in [4.69, 9.17) is 25.8 Å². The molecule has 0 spiro atoms. The van der Waals surface area contributed by atoms with Gasteiger partial charge in [-0.15, -0.1) is 0 Å². The third-order valence-electron chi connectivity index (χ3n) is 5.27. The van der Waals surface area contributed by atoms with Gasteiger partial charge < -0.3 is 19.5 Å². The Hall–Kier alpha value is -1.91. The topological polar surface area (TPSA) is 39.7 Å². The summed E-state index contributed by atoms with van der Waals surface area (Å²) in [7, 11) is 1.67. The van der Waals surface area contributed by atoms with Gasteiger partial charge in [-0.1, -0.05) is 17.7 Å². The van der Waals surface area contributed by atoms with Crippen LogP contribution >= 0.6 is 11.6 Å². The molecule has 1 fully saturated rings. The largest absolute Gasteiger partial charge is 0.493 e. The monoisotopic (exact) mass is 373 g/mol. The zero-order chi connectivity index (χ0) is 18.1. The van der Waals surface area contributed by atoms with Crippen LogP contribution in [0.15, 0.2) is 36.4 Å². The van der Waals surface area contributed by atoms with E-state index in [0.29, 0.717) is 12.5 Å². The predicted molar refractivity (Wildman–Crippen MR) is 103 cm³/mol. The number of benzene rings is 2. The number of fused-ring (bicyclic) bond motifs is 3. The lowest BCUT2D eigenvalue weighted by atomic mass is 9.77. The van der Waals surface area contributed by atoms with E-state index < -0.39 is 0 Å². The van der Waals surface area contributed by atoms with Crippen LogP contribution in [0.5, 0.6) is 11.5 Å². The maximum atomic E-state index is 6.24. The maximum Gasteiger partial charge on any atom is 0.161 e. The molecule has 3 atom stereocenters. The van der Waals surface area contributed by atoms with Crippen LogP contribution in [0.1, 0.15) is 43.0 Å². The van der Waals surface area contributed by atoms with Crippen LogP contribution in [-0.2, 0) is 4.74 Å². The molecule has 0 bridgehead atoms. The van der Waals surface area contributed by atoms with Gasteiger partial charge in [-0.25, -0.2) is 0 Å². The molecular weight excluding hydrogens is 350 g/mol. The molecule has 2 heterocycles. The molecular formula is C21H24ClNO3. The van der Waals surface area contributed by atoms with Gasteiger partial charge in [0.05, 0.1) is 25.9 Å². The molecule has 0 amide bonds. The Bertz CT molecular complexity index is 795. The summed E-state index contributed by atoms with van der Waals surface area (Å²) in [5, 5.41) is 4.46. The van der Waals surface area contributed by atoms with E-state index in [1.165, 1.54) is 5.56 Å². The first-order valence-corrected chi connectivity index (χ1v) is 9.57. The molecule has 2 aromatic carbocycles. The van der Waals surface area contributed by atoms with E-state index in [2.05, 4.69) is 17.4 Å². The first kappa shape index (κ1) is 17.5. The van der Waals surface area contributed by atoms with Gasteiger partial charge in [0.2, 0.25) is 0 Å². The van der Waals surface area contributed by atoms with Crippen LogP contribution < -0.4 is 14.8 Å². The van der Waals surface area contributed by atoms with E-state index in [1.54, 1.807) is 7.11 Å². The second kappa shape index (κ2) is 7.37. The first-order chi connectivity index (χ1) is 12.7. The van der Waals surface area contributed by atoms with Crippen molar-refractivity contribution in [1.29, 1.82) is 0 Å². The van der Waals surface area contributed by atoms with E-state index in [0.717, 1.165) is 47.2 Å². The molecule has 5 heteroatoms. The van der Waals surface area contributed by atoms with Gasteiger partial charge in [0.1, 0.15) is 0 Å². The Morgan fingerprint density at radius 3 is 2.88 bits per heavy atom. The molecule has 4 nitrogen and oxygen atoms in total. The Balaban J connectivity index is 1.74. The van der Waals surface area contributed by atoms with Crippen LogP contribution in [0.2, 0.25) is 5.02 Å². The molecule has 138 valence electrons. The molecule has 26 heavy (non-hydrogen) atoms. The van der Waals surface area contributed by atoms with Crippen LogP contribution in [-0.4, -0.2) is 20.3 Å². The smallest absolute Gasteiger partial charge is 0.161 e. The standard InChI is InChI=1S/C21H24ClNO3/c1-3-25-19-11-13(6-9-18(19)24-2)20-15-5-4-10-26-21(15)16-12-14(22)7-8-17(16)23-20/h6-9,11-12,15,20-21,23H,3-5,10H2,1-2H3/t15-,20?,21-/m0/s1. The summed E-state index contributed by atoms with van der Waals surface area (Å²) in [6, 6.07) is 12.4. The molecule has 0 radical (unpaired) electrons. The minimum Gasteiger partial charge on any atom is -0.493 e. The Morgan fingerprint density at radius 2 is 2.08 bits per heavy atom. The van der Waals surface area contributed by atoms with E-state index in [-0.39, 0.29) is 12.1 Å². The second-order valence-corrected chi connectivity index (χ2v) is 7.23. The fourth-order valence-electron chi connectivity index (χ4n) is 4.13. The normalized spacial score (nSPS) is 24.2. The summed E-state index contributed by atoms with van der Waals surface area (Å²) in [6.45, 7) is 3.39. The Kier molecular flexibility index (Phi) is 4.96. The second-order valence-electron chi connectivity index (χ2n) is 6.79. The summed E-state index contributed by atoms with van der Waals surface area (Å²) < 4.78 is 17.4. The van der Waals surface area contributed by atoms with E-state index >= 15 is 0 Å². The molecule has 2 aliphatic heterocycles. The lowest BCUT2D eigenvalue weighted by Crippen LogP contribution is -2.36. The molecule has 0 aliphatic carbocycles. The molecule has 1 N–H and O–H groups in total. The fourth-order valence-corrected chi connectivity index (χ4v) is 4.31. The van der Waals surface area contributed by atoms with Crippen molar-refractivity contribution >= 4 is 17.3 Å². The molecule has 1 unspecified atom stereocenters. The van der Waals surface area contributed by atoms with Crippen molar-refractivity contribution in [2.45, 2.75) is 31.9 Å². The van der Waals surface area contributed by atoms with Gasteiger partial charge in [-0.2, -0.15) is 0 Å². The maximum absolute atomic E-state index is 6.24. The molecule has 2 aliphatic rings. The number of ether oxygens (including phenoxy) is 3. The van der Waals surface area contributed by atoms with Crippen molar-refractivity contribution in [2.75, 3.05) is 25.6 Å². The van der Waals surface area contributed by atoms with Crippen molar-refractivity contribution in [3.8, 4) is 11.5 Å². The molecule has 4 rings (SSSR count). The summed E-state index contributed by atoms with van der Waals surface area (Å²) >= 11 is 6.24. The number of hydrogen-bond acceptors (Lipinski definition) is 4. The average Bonchev–Trinajstić information content (AvgIpc) is 2.68. The summed E-state index contributed by atoms with van der Waals surface area (Å²) in [5.74, 6) is 1.90. The molecule has 1 saturated heterocycles. The minimum absolute atomic E-state index is 0.0707. The molecule has 2 aromatic rings. The average molecular weight is 374 g/mol. The van der Waals surface area contributed by atoms with Crippen LogP contribution in [0.3, 0.4) is 0 Å². The summed E-state index contributed by atoms with van der Waals surface area (Å²) in [4.78, 5) is 0. The lowest BCUT2D eigenvalue weighted by molar-refractivity contribution is -0.0381. The number of halogens is 1. The zero-order valence-corrected chi connectivity index (χ0v) is 15.9. The third-order valence-corrected chi connectivity index (χ3v) is 5.51. The van der Waals surface area contributed by atoms with E-state index in [9.17, 15) is 0 Å². The lowest BCUT2D eigenvalue weighted by Gasteiger charge is -2.43. The number of nitrogens with one attached hydrogen (secondary N) is 1. The highest BCUT2D eigenvalue weighted by Crippen LogP contribution is 2.50. The predicted octanol–water partition coefficient (Wildman–Crippen LogP) is 5.38. The van der Waals surface area contributed by atoms with Crippen molar-refractivity contribution < 1.29 is 14.2 Å². The van der Waals surface area contributed by atoms with Gasteiger partial charge in [0.25, 0.3) is 0 Å². The SMILES string of the molecule is CCOc1cc(C2Nc3ccc(Cl)cc3[C@H]3OCCC[C@@H]23)ccc1OC. The molecule has 0 saturated carbocycles. The first-order valence-electron chi connectivity index (χ1n) is 9.19. The van der Waals surface area contributed by atoms with E-state index in [1.807, 2.05) is 31.2 Å². The summed E-state index contributed by atoms with van der Waals surface area (Å²) in [6.07, 6.45) is 2.26. The number of methoxy groups -OCH3 is 1. The van der Waals surface area contributed by atoms with Crippen molar-refractivity contribution in [2.24, 2.45) is 5.92 Å². The highest BCUT2D eigenvalue weighted by Gasteiger charge is 2.40. The Morgan fingerprint density at radius 1 is 1.19 bits per heavy atom. The van der Waals surface area contributed by atoms with Crippen molar-refractivity contribution in [3.63, 3.8) is 0 Å². The van der Waals surface area contributed by atoms with Crippen molar-refractivity contribution in [3.05, 3.63) is 52.5 Å². The summed E-state index contributed by atoms with van der Waals surface area (Å²) in [5.41, 5.74) is 3.45. The van der Waals surface area contributed by atoms with Crippen LogP contribution in [0, 0.1) is 5.92 Å². The highest BCUT2D eigenvalue weighted by atomic mass is 35.5. The Labute approximate surface area is 159 Å². The van der Waals surface area contributed by atoms with Crippen LogP contribution in [0.25, 0.3) is 0 Å². The van der Waals surface area contributed by atoms with Gasteiger partial charge in [-0.05, 0) is 55.7 Å². The van der Waals surface area contributed by atoms with Gasteiger partial charge in [0.15, 0.2) is 11.5 Å². The number of rotatable bonds is 4. The van der Waals surface area contributed by atoms with Crippen LogP contribution in [0.4, 0.5) is 5.69 Å². The highest BCUT2D eigenvalue weighted by molar-refractivity contribution is 6.30. The number of hydrogen-bond donors (Lipinski definition) is 1. The van der Waals surface area contributed by atoms with Gasteiger partial charge in [-0.3, -0.25) is 0 Å². The fraction of sp³-hybridized carbons (Fsp3) is 0.429. The van der Waals surface area contributed by atoms with Gasteiger partial charge >= 0.3 is 0 Å². The van der Waals surface area contributed by atoms with Gasteiger partial charge in [0, 0.05) is 28.8 Å². The number of anilines is 1. The third kappa shape index (κ3) is 3.12. The minimum atomic E-state index is 0.0707. The molecule has 0 aromatic heterocycles.